The van der Waals surface area contributed by atoms with Crippen LogP contribution in [0.4, 0.5) is 0 Å². The Morgan fingerprint density at radius 3 is 2.06 bits per heavy atom. The van der Waals surface area contributed by atoms with Gasteiger partial charge in [-0.15, -0.1) is 0 Å². The maximum atomic E-state index is 9.69. The highest BCUT2D eigenvalue weighted by atomic mass is 79.9. The minimum absolute atomic E-state index is 0.541. The first kappa shape index (κ1) is 13.1. The summed E-state index contributed by atoms with van der Waals surface area (Å²) >= 11 is 3.38. The lowest BCUT2D eigenvalue weighted by Crippen LogP contribution is -2.02. The molecule has 0 heterocycles. The Kier molecular flexibility index (Phi) is 4.44. The molecule has 0 saturated heterocycles. The van der Waals surface area contributed by atoms with Gasteiger partial charge in [-0.3, -0.25) is 0 Å². The molecule has 0 aromatic heterocycles. The van der Waals surface area contributed by atoms with E-state index >= 15 is 0 Å². The Morgan fingerprint density at radius 1 is 1.12 bits per heavy atom. The van der Waals surface area contributed by atoms with Crippen LogP contribution in [-0.4, -0.2) is 26.4 Å². The summed E-state index contributed by atoms with van der Waals surface area (Å²) in [5.74, 6) is 1.65. The van der Waals surface area contributed by atoms with Crippen molar-refractivity contribution >= 4 is 15.9 Å². The molecule has 1 rings (SSSR count). The van der Waals surface area contributed by atoms with Crippen LogP contribution in [0.3, 0.4) is 0 Å². The fourth-order valence-electron chi connectivity index (χ4n) is 1.50. The summed E-state index contributed by atoms with van der Waals surface area (Å²) in [6, 6.07) is 1.69. The van der Waals surface area contributed by atoms with E-state index in [-0.39, 0.29) is 0 Å². The Labute approximate surface area is 103 Å². The van der Waals surface area contributed by atoms with Crippen LogP contribution in [0, 0.1) is 0 Å². The quantitative estimate of drug-likeness (QED) is 0.926. The molecular weight excluding hydrogens is 276 g/mol. The smallest absolute Gasteiger partial charge is 0.175 e. The highest BCUT2D eigenvalue weighted by Gasteiger charge is 2.21. The summed E-state index contributed by atoms with van der Waals surface area (Å²) in [5.41, 5.74) is 0.639. The van der Waals surface area contributed by atoms with Crippen molar-refractivity contribution in [1.82, 2.24) is 0 Å². The molecule has 90 valence electrons. The van der Waals surface area contributed by atoms with E-state index in [2.05, 4.69) is 15.9 Å². The predicted molar refractivity (Wildman–Crippen MR) is 64.4 cm³/mol. The van der Waals surface area contributed by atoms with Crippen LogP contribution in [-0.2, 0) is 0 Å². The third kappa shape index (κ3) is 2.25. The van der Waals surface area contributed by atoms with E-state index in [1.807, 2.05) is 0 Å². The van der Waals surface area contributed by atoms with Gasteiger partial charge in [0, 0.05) is 11.6 Å². The van der Waals surface area contributed by atoms with Gasteiger partial charge < -0.3 is 19.3 Å². The zero-order valence-corrected chi connectivity index (χ0v) is 11.3. The lowest BCUT2D eigenvalue weighted by atomic mass is 10.1. The molecule has 0 fully saturated rings. The number of methoxy groups -OCH3 is 3. The molecule has 0 spiro atoms. The van der Waals surface area contributed by atoms with Gasteiger partial charge in [-0.1, -0.05) is 0 Å². The normalized spacial score (nSPS) is 12.1. The number of benzene rings is 1. The van der Waals surface area contributed by atoms with Crippen molar-refractivity contribution in [3.05, 3.63) is 16.1 Å². The molecule has 1 N–H and O–H groups in total. The average Bonchev–Trinajstić information content (AvgIpc) is 2.26. The van der Waals surface area contributed by atoms with Crippen LogP contribution in [0.5, 0.6) is 17.2 Å². The van der Waals surface area contributed by atoms with Gasteiger partial charge in [0.2, 0.25) is 0 Å². The van der Waals surface area contributed by atoms with E-state index in [1.54, 1.807) is 34.3 Å². The van der Waals surface area contributed by atoms with E-state index in [4.69, 9.17) is 14.2 Å². The van der Waals surface area contributed by atoms with E-state index in [1.165, 1.54) is 0 Å². The van der Waals surface area contributed by atoms with Gasteiger partial charge in [-0.05, 0) is 22.9 Å². The van der Waals surface area contributed by atoms with Crippen LogP contribution < -0.4 is 14.2 Å². The first-order valence-electron chi connectivity index (χ1n) is 4.73. The lowest BCUT2D eigenvalue weighted by molar-refractivity contribution is 0.192. The maximum Gasteiger partial charge on any atom is 0.175 e. The second-order valence-electron chi connectivity index (χ2n) is 3.22. The van der Waals surface area contributed by atoms with Crippen LogP contribution >= 0.6 is 15.9 Å². The monoisotopic (exact) mass is 290 g/mol. The zero-order valence-electron chi connectivity index (χ0n) is 9.70. The van der Waals surface area contributed by atoms with Gasteiger partial charge in [-0.2, -0.15) is 0 Å². The first-order valence-corrected chi connectivity index (χ1v) is 5.52. The summed E-state index contributed by atoms with van der Waals surface area (Å²) in [5, 5.41) is 9.69. The molecule has 0 amide bonds. The number of aliphatic hydroxyl groups excluding tert-OH is 1. The molecule has 1 unspecified atom stereocenters. The number of hydrogen-bond donors (Lipinski definition) is 1. The topological polar surface area (TPSA) is 47.9 Å². The van der Waals surface area contributed by atoms with E-state index < -0.39 is 6.10 Å². The molecule has 0 aliphatic heterocycles. The van der Waals surface area contributed by atoms with Crippen molar-refractivity contribution in [3.63, 3.8) is 0 Å². The fraction of sp³-hybridized carbons (Fsp3) is 0.455. The number of ether oxygens (including phenoxy) is 3. The van der Waals surface area contributed by atoms with Gasteiger partial charge in [-0.25, -0.2) is 0 Å². The number of aliphatic hydroxyl groups is 1. The molecule has 0 radical (unpaired) electrons. The fourth-order valence-corrected chi connectivity index (χ4v) is 2.38. The second kappa shape index (κ2) is 5.41. The molecule has 4 nitrogen and oxygen atoms in total. The molecule has 1 aromatic carbocycles. The molecule has 1 aromatic rings. The Balaban J connectivity index is 3.48. The Morgan fingerprint density at radius 2 is 1.69 bits per heavy atom. The SMILES string of the molecule is COc1cc(OC)c(C(C)O)c(Br)c1OC. The number of hydrogen-bond acceptors (Lipinski definition) is 4. The van der Waals surface area contributed by atoms with Crippen LogP contribution in [0.2, 0.25) is 0 Å². The second-order valence-corrected chi connectivity index (χ2v) is 4.01. The maximum absolute atomic E-state index is 9.69. The van der Waals surface area contributed by atoms with Gasteiger partial charge >= 0.3 is 0 Å². The summed E-state index contributed by atoms with van der Waals surface area (Å²) in [4.78, 5) is 0. The third-order valence-electron chi connectivity index (χ3n) is 2.25. The van der Waals surface area contributed by atoms with Crippen molar-refractivity contribution in [2.45, 2.75) is 13.0 Å². The van der Waals surface area contributed by atoms with Crippen molar-refractivity contribution in [2.75, 3.05) is 21.3 Å². The highest BCUT2D eigenvalue weighted by molar-refractivity contribution is 9.10. The van der Waals surface area contributed by atoms with E-state index in [0.717, 1.165) is 0 Å². The lowest BCUT2D eigenvalue weighted by Gasteiger charge is -2.18. The molecule has 0 saturated carbocycles. The predicted octanol–water partition coefficient (Wildman–Crippen LogP) is 2.53. The molecule has 16 heavy (non-hydrogen) atoms. The largest absolute Gasteiger partial charge is 0.496 e. The van der Waals surface area contributed by atoms with Gasteiger partial charge in [0.15, 0.2) is 11.5 Å². The Bertz CT molecular complexity index is 377. The standard InChI is InChI=1S/C11H15BrO4/c1-6(13)9-7(14-2)5-8(15-3)11(16-4)10(9)12/h5-6,13H,1-4H3. The van der Waals surface area contributed by atoms with Crippen molar-refractivity contribution in [3.8, 4) is 17.2 Å². The molecule has 0 aliphatic carbocycles. The highest BCUT2D eigenvalue weighted by Crippen LogP contribution is 2.45. The van der Waals surface area contributed by atoms with Gasteiger partial charge in [0.1, 0.15) is 5.75 Å². The van der Waals surface area contributed by atoms with Gasteiger partial charge in [0.25, 0.3) is 0 Å². The number of halogens is 1. The minimum Gasteiger partial charge on any atom is -0.496 e. The molecule has 1 atom stereocenters. The molecule has 0 bridgehead atoms. The van der Waals surface area contributed by atoms with Crippen molar-refractivity contribution < 1.29 is 19.3 Å². The van der Waals surface area contributed by atoms with Crippen LogP contribution in [0.25, 0.3) is 0 Å². The molecule has 5 heteroatoms. The molecular formula is C11H15BrO4. The summed E-state index contributed by atoms with van der Waals surface area (Å²) < 4.78 is 16.2. The minimum atomic E-state index is -0.663. The van der Waals surface area contributed by atoms with E-state index in [9.17, 15) is 5.11 Å². The third-order valence-corrected chi connectivity index (χ3v) is 3.04. The Hall–Kier alpha value is -0.940. The van der Waals surface area contributed by atoms with Crippen LogP contribution in [0.15, 0.2) is 10.5 Å². The average molecular weight is 291 g/mol. The summed E-state index contributed by atoms with van der Waals surface area (Å²) in [6.45, 7) is 1.66. The summed E-state index contributed by atoms with van der Waals surface area (Å²) in [7, 11) is 4.63. The summed E-state index contributed by atoms with van der Waals surface area (Å²) in [6.07, 6.45) is -0.663. The van der Waals surface area contributed by atoms with E-state index in [0.29, 0.717) is 27.3 Å². The van der Waals surface area contributed by atoms with Crippen molar-refractivity contribution in [2.24, 2.45) is 0 Å². The number of rotatable bonds is 4. The zero-order chi connectivity index (χ0) is 12.3. The molecule has 0 aliphatic rings. The van der Waals surface area contributed by atoms with Crippen LogP contribution in [0.1, 0.15) is 18.6 Å². The first-order chi connectivity index (χ1) is 7.56. The van der Waals surface area contributed by atoms with Gasteiger partial charge in [0.05, 0.1) is 31.9 Å². The van der Waals surface area contributed by atoms with Crippen molar-refractivity contribution in [1.29, 1.82) is 0 Å².